The molecule has 4 nitrogen and oxygen atoms in total. The van der Waals surface area contributed by atoms with E-state index in [0.29, 0.717) is 0 Å². The topological polar surface area (TPSA) is 36.4 Å². The lowest BCUT2D eigenvalue weighted by atomic mass is 9.94. The summed E-state index contributed by atoms with van der Waals surface area (Å²) in [5.41, 5.74) is 14.2. The first-order chi connectivity index (χ1) is 13.4. The molecule has 0 fully saturated rings. The van der Waals surface area contributed by atoms with Crippen molar-refractivity contribution in [3.05, 3.63) is 60.7 Å². The summed E-state index contributed by atoms with van der Waals surface area (Å²) in [6.45, 7) is 0. The van der Waals surface area contributed by atoms with Gasteiger partial charge in [0.05, 0.1) is 10.8 Å². The van der Waals surface area contributed by atoms with Gasteiger partial charge in [0.25, 0.3) is 0 Å². The van der Waals surface area contributed by atoms with Crippen LogP contribution in [0.1, 0.15) is 0 Å². The molecule has 0 bridgehead atoms. The quantitative estimate of drug-likeness (QED) is 0.333. The molecule has 0 aliphatic rings. The van der Waals surface area contributed by atoms with Crippen molar-refractivity contribution in [1.29, 1.82) is 0 Å². The summed E-state index contributed by atoms with van der Waals surface area (Å²) in [5, 5.41) is 2.41. The Bertz CT molecular complexity index is 1120. The van der Waals surface area contributed by atoms with Gasteiger partial charge in [-0.25, -0.2) is 0 Å². The van der Waals surface area contributed by atoms with Crippen molar-refractivity contribution >= 4 is 38.9 Å². The molecule has 0 spiro atoms. The van der Waals surface area contributed by atoms with E-state index in [1.807, 2.05) is 12.1 Å². The van der Waals surface area contributed by atoms with Crippen LogP contribution in [0, 0.1) is 0 Å². The van der Waals surface area contributed by atoms with Crippen LogP contribution in [-0.2, 0) is 7.05 Å². The highest BCUT2D eigenvalue weighted by molar-refractivity contribution is 6.10. The number of hydrogen-bond donors (Lipinski definition) is 1. The van der Waals surface area contributed by atoms with Crippen LogP contribution < -0.4 is 20.1 Å². The van der Waals surface area contributed by atoms with Gasteiger partial charge in [-0.3, -0.25) is 0 Å². The van der Waals surface area contributed by atoms with Crippen LogP contribution in [0.15, 0.2) is 60.7 Å². The molecule has 2 N–H and O–H groups in total. The van der Waals surface area contributed by atoms with Crippen LogP contribution in [0.3, 0.4) is 0 Å². The number of rotatable bonds is 3. The van der Waals surface area contributed by atoms with Crippen LogP contribution in [0.5, 0.6) is 0 Å². The minimum atomic E-state index is 0.798. The van der Waals surface area contributed by atoms with E-state index in [9.17, 15) is 0 Å². The molecule has 0 aliphatic carbocycles. The normalized spacial score (nSPS) is 11.2. The van der Waals surface area contributed by atoms with Crippen molar-refractivity contribution in [1.82, 2.24) is 0 Å². The highest BCUT2D eigenvalue weighted by Crippen LogP contribution is 2.38. The molecule has 142 valence electrons. The Balaban J connectivity index is 2.20. The monoisotopic (exact) mass is 371 g/mol. The molecule has 0 saturated heterocycles. The van der Waals surface area contributed by atoms with Crippen LogP contribution in [0.4, 0.5) is 17.1 Å². The molecule has 0 saturated carbocycles. The van der Waals surface area contributed by atoms with Crippen LogP contribution in [-0.4, -0.2) is 28.2 Å². The number of fused-ring (bicyclic) bond motifs is 2. The zero-order chi connectivity index (χ0) is 20.0. The molecule has 0 aliphatic heterocycles. The average molecular weight is 372 g/mol. The molecule has 4 heteroatoms. The molecule has 4 rings (SSSR count). The molecule has 1 aromatic heterocycles. The number of anilines is 3. The van der Waals surface area contributed by atoms with Crippen molar-refractivity contribution < 1.29 is 4.57 Å². The first kappa shape index (κ1) is 18.1. The lowest BCUT2D eigenvalue weighted by molar-refractivity contribution is -0.617. The van der Waals surface area contributed by atoms with Gasteiger partial charge in [-0.05, 0) is 30.3 Å². The minimum Gasteiger partial charge on any atom is -0.398 e. The fourth-order valence-corrected chi connectivity index (χ4v) is 3.86. The number of benzene rings is 3. The first-order valence-electron chi connectivity index (χ1n) is 9.47. The summed E-state index contributed by atoms with van der Waals surface area (Å²) in [6, 6.07) is 21.4. The van der Waals surface area contributed by atoms with Crippen molar-refractivity contribution in [2.45, 2.75) is 0 Å². The van der Waals surface area contributed by atoms with Gasteiger partial charge >= 0.3 is 0 Å². The van der Waals surface area contributed by atoms with Gasteiger partial charge in [-0.15, -0.1) is 0 Å². The van der Waals surface area contributed by atoms with E-state index >= 15 is 0 Å². The van der Waals surface area contributed by atoms with Crippen LogP contribution in [0.2, 0.25) is 0 Å². The molecule has 0 atom stereocenters. The van der Waals surface area contributed by atoms with Crippen LogP contribution in [0.25, 0.3) is 32.9 Å². The smallest absolute Gasteiger partial charge is 0.215 e. The standard InChI is InChI=1S/C24H26N4/c1-26(2)16-10-12-19-22(14-16)28(5)23-15-17(27(3)4)11-13-20(23)24(19)18-8-6-7-9-21(18)25/h6-15,25H,1-5H3/p+1. The molecule has 0 radical (unpaired) electrons. The second-order valence-corrected chi connectivity index (χ2v) is 7.71. The van der Waals surface area contributed by atoms with E-state index in [-0.39, 0.29) is 0 Å². The number of hydrogen-bond acceptors (Lipinski definition) is 3. The predicted octanol–water partition coefficient (Wildman–Crippen LogP) is 4.20. The number of pyridine rings is 1. The fraction of sp³-hybridized carbons (Fsp3) is 0.208. The van der Waals surface area contributed by atoms with Gasteiger partial charge in [-0.1, -0.05) is 18.2 Å². The molecule has 3 aromatic carbocycles. The zero-order valence-electron chi connectivity index (χ0n) is 17.2. The molecule has 28 heavy (non-hydrogen) atoms. The summed E-state index contributed by atoms with van der Waals surface area (Å²) >= 11 is 0. The van der Waals surface area contributed by atoms with Crippen molar-refractivity contribution in [3.8, 4) is 11.1 Å². The first-order valence-corrected chi connectivity index (χ1v) is 9.47. The number of nitrogen functional groups attached to an aromatic ring is 1. The molecule has 0 unspecified atom stereocenters. The number of para-hydroxylation sites is 1. The highest BCUT2D eigenvalue weighted by Gasteiger charge is 2.21. The number of nitrogens with two attached hydrogens (primary N) is 1. The van der Waals surface area contributed by atoms with Crippen LogP contribution >= 0.6 is 0 Å². The maximum absolute atomic E-state index is 6.41. The van der Waals surface area contributed by atoms with Gasteiger partial charge < -0.3 is 15.5 Å². The molecule has 1 heterocycles. The van der Waals surface area contributed by atoms with Gasteiger partial charge in [-0.2, -0.15) is 4.57 Å². The summed E-state index contributed by atoms with van der Waals surface area (Å²) in [4.78, 5) is 4.27. The van der Waals surface area contributed by atoms with E-state index in [0.717, 1.165) is 11.3 Å². The fourth-order valence-electron chi connectivity index (χ4n) is 3.86. The van der Waals surface area contributed by atoms with Crippen molar-refractivity contribution in [3.63, 3.8) is 0 Å². The lowest BCUT2D eigenvalue weighted by Crippen LogP contribution is -2.31. The third kappa shape index (κ3) is 2.82. The summed E-state index contributed by atoms with van der Waals surface area (Å²) in [6.07, 6.45) is 0. The van der Waals surface area contributed by atoms with E-state index in [4.69, 9.17) is 5.73 Å². The Hall–Kier alpha value is -3.27. The Kier molecular flexibility index (Phi) is 4.34. The number of nitrogens with zero attached hydrogens (tertiary/aromatic N) is 3. The minimum absolute atomic E-state index is 0.798. The lowest BCUT2D eigenvalue weighted by Gasteiger charge is -2.17. The number of aryl methyl sites for hydroxylation is 1. The SMILES string of the molecule is CN(C)c1ccc2c(-c3ccccc3N)c3ccc(N(C)C)cc3[n+](C)c2c1. The van der Waals surface area contributed by atoms with Gasteiger partial charge in [0, 0.05) is 68.5 Å². The Morgan fingerprint density at radius 3 is 1.68 bits per heavy atom. The Morgan fingerprint density at radius 2 is 1.21 bits per heavy atom. The highest BCUT2D eigenvalue weighted by atomic mass is 15.1. The van der Waals surface area contributed by atoms with Gasteiger partial charge in [0.2, 0.25) is 11.0 Å². The Labute approximate surface area is 166 Å². The van der Waals surface area contributed by atoms with Gasteiger partial charge in [0.1, 0.15) is 7.05 Å². The van der Waals surface area contributed by atoms with Crippen molar-refractivity contribution in [2.75, 3.05) is 43.7 Å². The second-order valence-electron chi connectivity index (χ2n) is 7.71. The molecular formula is C24H27N4+. The van der Waals surface area contributed by atoms with Crippen molar-refractivity contribution in [2.24, 2.45) is 7.05 Å². The van der Waals surface area contributed by atoms with Gasteiger partial charge in [0.15, 0.2) is 0 Å². The third-order valence-electron chi connectivity index (χ3n) is 5.49. The average Bonchev–Trinajstić information content (AvgIpc) is 2.68. The summed E-state index contributed by atoms with van der Waals surface area (Å²) in [5.74, 6) is 0. The molecule has 4 aromatic rings. The molecule has 0 amide bonds. The van der Waals surface area contributed by atoms with E-state index < -0.39 is 0 Å². The Morgan fingerprint density at radius 1 is 0.714 bits per heavy atom. The molecular weight excluding hydrogens is 344 g/mol. The van der Waals surface area contributed by atoms with E-state index in [2.05, 4.69) is 98.1 Å². The summed E-state index contributed by atoms with van der Waals surface area (Å²) in [7, 11) is 10.4. The summed E-state index contributed by atoms with van der Waals surface area (Å²) < 4.78 is 2.29. The van der Waals surface area contributed by atoms with E-state index in [1.54, 1.807) is 0 Å². The predicted molar refractivity (Wildman–Crippen MR) is 121 cm³/mol. The second kappa shape index (κ2) is 6.71. The third-order valence-corrected chi connectivity index (χ3v) is 5.49. The number of aromatic nitrogens is 1. The zero-order valence-corrected chi connectivity index (χ0v) is 17.2. The maximum atomic E-state index is 6.41. The maximum Gasteiger partial charge on any atom is 0.215 e. The largest absolute Gasteiger partial charge is 0.398 e. The van der Waals surface area contributed by atoms with E-state index in [1.165, 1.54) is 38.7 Å².